The zero-order chi connectivity index (χ0) is 16.7. The van der Waals surface area contributed by atoms with Crippen molar-refractivity contribution in [2.24, 2.45) is 5.92 Å². The van der Waals surface area contributed by atoms with E-state index in [9.17, 15) is 9.59 Å². The second kappa shape index (κ2) is 8.53. The number of amides is 2. The van der Waals surface area contributed by atoms with Crippen LogP contribution in [0.3, 0.4) is 0 Å². The van der Waals surface area contributed by atoms with Crippen molar-refractivity contribution in [3.05, 3.63) is 35.4 Å². The third-order valence-electron chi connectivity index (χ3n) is 4.24. The Morgan fingerprint density at radius 1 is 1.17 bits per heavy atom. The minimum atomic E-state index is -0.950. The van der Waals surface area contributed by atoms with Crippen molar-refractivity contribution in [2.75, 3.05) is 26.2 Å². The summed E-state index contributed by atoms with van der Waals surface area (Å²) in [5, 5.41) is 14.5. The molecule has 0 unspecified atom stereocenters. The number of carboxylic acids is 1. The lowest BCUT2D eigenvalue weighted by atomic mass is 9.99. The standard InChI is InChI=1S/C17H25N3O3/c1-13-6-9-20(10-7-13)11-8-18-17(23)19-12-14-2-4-15(5-3-14)16(21)22/h2-5,13H,6-12H2,1H3,(H,21,22)(H2,18,19,23). The number of carboxylic acid groups (broad SMARTS) is 1. The van der Waals surface area contributed by atoms with E-state index >= 15 is 0 Å². The fourth-order valence-electron chi connectivity index (χ4n) is 2.62. The summed E-state index contributed by atoms with van der Waals surface area (Å²) >= 11 is 0. The number of urea groups is 1. The van der Waals surface area contributed by atoms with Crippen LogP contribution in [0.25, 0.3) is 0 Å². The lowest BCUT2D eigenvalue weighted by molar-refractivity contribution is 0.0697. The first-order valence-corrected chi connectivity index (χ1v) is 8.11. The summed E-state index contributed by atoms with van der Waals surface area (Å²) in [6.07, 6.45) is 2.47. The van der Waals surface area contributed by atoms with Gasteiger partial charge in [0.15, 0.2) is 0 Å². The molecule has 6 nitrogen and oxygen atoms in total. The van der Waals surface area contributed by atoms with Gasteiger partial charge in [0, 0.05) is 19.6 Å². The predicted molar refractivity (Wildman–Crippen MR) is 88.5 cm³/mol. The van der Waals surface area contributed by atoms with Gasteiger partial charge in [0.25, 0.3) is 0 Å². The van der Waals surface area contributed by atoms with Crippen LogP contribution in [0.2, 0.25) is 0 Å². The van der Waals surface area contributed by atoms with Crippen LogP contribution in [0.15, 0.2) is 24.3 Å². The summed E-state index contributed by atoms with van der Waals surface area (Å²) in [5.74, 6) is -0.135. The molecule has 0 bridgehead atoms. The first kappa shape index (κ1) is 17.3. The van der Waals surface area contributed by atoms with E-state index < -0.39 is 5.97 Å². The number of benzene rings is 1. The van der Waals surface area contributed by atoms with Crippen LogP contribution >= 0.6 is 0 Å². The molecular weight excluding hydrogens is 294 g/mol. The van der Waals surface area contributed by atoms with Gasteiger partial charge in [-0.25, -0.2) is 9.59 Å². The minimum absolute atomic E-state index is 0.197. The third kappa shape index (κ3) is 5.90. The highest BCUT2D eigenvalue weighted by molar-refractivity contribution is 5.87. The van der Waals surface area contributed by atoms with Crippen LogP contribution in [-0.2, 0) is 6.54 Å². The van der Waals surface area contributed by atoms with Gasteiger partial charge in [-0.05, 0) is 49.5 Å². The first-order valence-electron chi connectivity index (χ1n) is 8.11. The highest BCUT2D eigenvalue weighted by Gasteiger charge is 2.15. The van der Waals surface area contributed by atoms with Crippen molar-refractivity contribution >= 4 is 12.0 Å². The van der Waals surface area contributed by atoms with Gasteiger partial charge in [0.1, 0.15) is 0 Å². The molecule has 2 rings (SSSR count). The third-order valence-corrected chi connectivity index (χ3v) is 4.24. The lowest BCUT2D eigenvalue weighted by Crippen LogP contribution is -2.42. The maximum absolute atomic E-state index is 11.8. The van der Waals surface area contributed by atoms with Gasteiger partial charge in [0.05, 0.1) is 5.56 Å². The Kier molecular flexibility index (Phi) is 6.40. The highest BCUT2D eigenvalue weighted by atomic mass is 16.4. The summed E-state index contributed by atoms with van der Waals surface area (Å²) in [6, 6.07) is 6.29. The number of carbonyl (C=O) groups is 2. The molecule has 1 saturated heterocycles. The van der Waals surface area contributed by atoms with E-state index in [0.29, 0.717) is 13.1 Å². The van der Waals surface area contributed by atoms with E-state index in [1.165, 1.54) is 25.0 Å². The molecule has 2 amide bonds. The SMILES string of the molecule is CC1CCN(CCNC(=O)NCc2ccc(C(=O)O)cc2)CC1. The summed E-state index contributed by atoms with van der Waals surface area (Å²) in [7, 11) is 0. The number of likely N-dealkylation sites (tertiary alicyclic amines) is 1. The number of nitrogens with one attached hydrogen (secondary N) is 2. The summed E-state index contributed by atoms with van der Waals surface area (Å²) < 4.78 is 0. The molecule has 1 fully saturated rings. The minimum Gasteiger partial charge on any atom is -0.478 e. The molecule has 1 heterocycles. The molecule has 6 heteroatoms. The zero-order valence-corrected chi connectivity index (χ0v) is 13.5. The van der Waals surface area contributed by atoms with Crippen molar-refractivity contribution < 1.29 is 14.7 Å². The van der Waals surface area contributed by atoms with Gasteiger partial charge in [-0.15, -0.1) is 0 Å². The maximum atomic E-state index is 11.8. The van der Waals surface area contributed by atoms with Crippen molar-refractivity contribution in [1.29, 1.82) is 0 Å². The molecule has 0 aromatic heterocycles. The first-order chi connectivity index (χ1) is 11.0. The Morgan fingerprint density at radius 3 is 2.43 bits per heavy atom. The highest BCUT2D eigenvalue weighted by Crippen LogP contribution is 2.15. The maximum Gasteiger partial charge on any atom is 0.335 e. The van der Waals surface area contributed by atoms with Crippen molar-refractivity contribution in [2.45, 2.75) is 26.3 Å². The number of piperidine rings is 1. The molecule has 0 radical (unpaired) electrons. The smallest absolute Gasteiger partial charge is 0.335 e. The van der Waals surface area contributed by atoms with Gasteiger partial charge in [0.2, 0.25) is 0 Å². The molecule has 0 atom stereocenters. The number of rotatable bonds is 6. The fourth-order valence-corrected chi connectivity index (χ4v) is 2.62. The largest absolute Gasteiger partial charge is 0.478 e. The molecule has 23 heavy (non-hydrogen) atoms. The monoisotopic (exact) mass is 319 g/mol. The number of nitrogens with zero attached hydrogens (tertiary/aromatic N) is 1. The molecule has 0 saturated carbocycles. The Bertz CT molecular complexity index is 522. The number of aromatic carboxylic acids is 1. The Morgan fingerprint density at radius 2 is 1.83 bits per heavy atom. The number of hydrogen-bond acceptors (Lipinski definition) is 3. The average Bonchev–Trinajstić information content (AvgIpc) is 2.55. The topological polar surface area (TPSA) is 81.7 Å². The molecule has 1 aliphatic rings. The Labute approximate surface area is 136 Å². The Hall–Kier alpha value is -2.08. The van der Waals surface area contributed by atoms with E-state index in [1.807, 2.05) is 0 Å². The van der Waals surface area contributed by atoms with Crippen LogP contribution in [0, 0.1) is 5.92 Å². The van der Waals surface area contributed by atoms with E-state index in [2.05, 4.69) is 22.5 Å². The molecule has 1 aliphatic heterocycles. The zero-order valence-electron chi connectivity index (χ0n) is 13.5. The van der Waals surface area contributed by atoms with E-state index in [4.69, 9.17) is 5.11 Å². The van der Waals surface area contributed by atoms with E-state index in [0.717, 1.165) is 31.1 Å². The van der Waals surface area contributed by atoms with Crippen molar-refractivity contribution in [3.63, 3.8) is 0 Å². The van der Waals surface area contributed by atoms with Crippen LogP contribution in [0.1, 0.15) is 35.7 Å². The fraction of sp³-hybridized carbons (Fsp3) is 0.529. The Balaban J connectivity index is 1.62. The van der Waals surface area contributed by atoms with Gasteiger partial charge >= 0.3 is 12.0 Å². The quantitative estimate of drug-likeness (QED) is 0.748. The van der Waals surface area contributed by atoms with E-state index in [-0.39, 0.29) is 11.6 Å². The van der Waals surface area contributed by atoms with Crippen LogP contribution in [0.5, 0.6) is 0 Å². The summed E-state index contributed by atoms with van der Waals surface area (Å²) in [4.78, 5) is 24.9. The second-order valence-corrected chi connectivity index (χ2v) is 6.14. The average molecular weight is 319 g/mol. The molecule has 0 spiro atoms. The van der Waals surface area contributed by atoms with Gasteiger partial charge in [-0.2, -0.15) is 0 Å². The number of carbonyl (C=O) groups excluding carboxylic acids is 1. The molecule has 1 aromatic carbocycles. The molecule has 3 N–H and O–H groups in total. The molecule has 126 valence electrons. The van der Waals surface area contributed by atoms with Gasteiger partial charge < -0.3 is 20.6 Å². The predicted octanol–water partition coefficient (Wildman–Crippen LogP) is 1.92. The number of hydrogen-bond donors (Lipinski definition) is 3. The van der Waals surface area contributed by atoms with Crippen LogP contribution in [-0.4, -0.2) is 48.2 Å². The van der Waals surface area contributed by atoms with Crippen molar-refractivity contribution in [1.82, 2.24) is 15.5 Å². The molecular formula is C17H25N3O3. The molecule has 1 aromatic rings. The van der Waals surface area contributed by atoms with Crippen LogP contribution < -0.4 is 10.6 Å². The van der Waals surface area contributed by atoms with E-state index in [1.54, 1.807) is 12.1 Å². The van der Waals surface area contributed by atoms with Gasteiger partial charge in [-0.1, -0.05) is 19.1 Å². The van der Waals surface area contributed by atoms with Gasteiger partial charge in [-0.3, -0.25) is 0 Å². The summed E-state index contributed by atoms with van der Waals surface area (Å²) in [5.41, 5.74) is 1.12. The van der Waals surface area contributed by atoms with Crippen LogP contribution in [0.4, 0.5) is 4.79 Å². The second-order valence-electron chi connectivity index (χ2n) is 6.14. The lowest BCUT2D eigenvalue weighted by Gasteiger charge is -2.30. The summed E-state index contributed by atoms with van der Waals surface area (Å²) in [6.45, 7) is 6.41. The molecule has 0 aliphatic carbocycles. The normalized spacial score (nSPS) is 16.0. The van der Waals surface area contributed by atoms with Crippen molar-refractivity contribution in [3.8, 4) is 0 Å².